The summed E-state index contributed by atoms with van der Waals surface area (Å²) in [6.45, 7) is 6.12. The van der Waals surface area contributed by atoms with Gasteiger partial charge in [0.05, 0.1) is 11.0 Å². The second-order valence-corrected chi connectivity index (χ2v) is 6.73. The maximum absolute atomic E-state index is 12.6. The lowest BCUT2D eigenvalue weighted by atomic mass is 10.1. The number of hydrogen-bond acceptors (Lipinski definition) is 4. The highest BCUT2D eigenvalue weighted by atomic mass is 16.1. The van der Waals surface area contributed by atoms with Crippen molar-refractivity contribution in [2.24, 2.45) is 0 Å². The lowest BCUT2D eigenvalue weighted by molar-refractivity contribution is 0.102. The van der Waals surface area contributed by atoms with Gasteiger partial charge in [0.1, 0.15) is 5.82 Å². The molecule has 0 bridgehead atoms. The number of H-pyrrole nitrogens is 1. The third kappa shape index (κ3) is 3.96. The number of nitrogens with zero attached hydrogens (tertiary/aromatic N) is 3. The number of imidazole rings is 1. The maximum atomic E-state index is 12.6. The first-order valence-electron chi connectivity index (χ1n) is 9.74. The highest BCUT2D eigenvalue weighted by Crippen LogP contribution is 2.23. The van der Waals surface area contributed by atoms with Crippen molar-refractivity contribution in [3.05, 3.63) is 72.6 Å². The van der Waals surface area contributed by atoms with Crippen LogP contribution in [0, 0.1) is 0 Å². The molecule has 6 heteroatoms. The summed E-state index contributed by atoms with van der Waals surface area (Å²) in [7, 11) is 0. The van der Waals surface area contributed by atoms with E-state index >= 15 is 0 Å². The van der Waals surface area contributed by atoms with Gasteiger partial charge in [-0.1, -0.05) is 0 Å². The summed E-state index contributed by atoms with van der Waals surface area (Å²) < 4.78 is 0. The van der Waals surface area contributed by atoms with Gasteiger partial charge in [-0.3, -0.25) is 9.78 Å². The third-order valence-corrected chi connectivity index (χ3v) is 4.95. The Kier molecular flexibility index (Phi) is 5.24. The number of benzene rings is 2. The molecule has 0 aliphatic rings. The molecule has 6 nitrogen and oxygen atoms in total. The number of aromatic amines is 1. The number of carbonyl (C=O) groups excluding carboxylic acids is 1. The maximum Gasteiger partial charge on any atom is 0.255 e. The minimum atomic E-state index is -0.135. The predicted octanol–water partition coefficient (Wildman–Crippen LogP) is 4.72. The molecule has 4 rings (SSSR count). The average Bonchev–Trinajstić information content (AvgIpc) is 3.19. The second kappa shape index (κ2) is 8.14. The van der Waals surface area contributed by atoms with E-state index in [2.05, 4.69) is 39.0 Å². The Labute approximate surface area is 169 Å². The number of amides is 1. The monoisotopic (exact) mass is 385 g/mol. The van der Waals surface area contributed by atoms with Gasteiger partial charge in [-0.05, 0) is 68.4 Å². The Bertz CT molecular complexity index is 1120. The van der Waals surface area contributed by atoms with E-state index in [1.165, 1.54) is 0 Å². The van der Waals surface area contributed by atoms with E-state index in [1.54, 1.807) is 12.4 Å². The minimum absolute atomic E-state index is 0.135. The van der Waals surface area contributed by atoms with Crippen LogP contribution in [0.25, 0.3) is 22.4 Å². The molecule has 2 heterocycles. The van der Waals surface area contributed by atoms with E-state index in [9.17, 15) is 4.79 Å². The van der Waals surface area contributed by atoms with Crippen LogP contribution in [0.3, 0.4) is 0 Å². The number of anilines is 2. The molecular weight excluding hydrogens is 362 g/mol. The van der Waals surface area contributed by atoms with Gasteiger partial charge in [0.2, 0.25) is 0 Å². The van der Waals surface area contributed by atoms with Crippen LogP contribution >= 0.6 is 0 Å². The van der Waals surface area contributed by atoms with Crippen LogP contribution in [0.5, 0.6) is 0 Å². The Morgan fingerprint density at radius 3 is 2.41 bits per heavy atom. The lowest BCUT2D eigenvalue weighted by Crippen LogP contribution is -2.21. The van der Waals surface area contributed by atoms with E-state index in [-0.39, 0.29) is 5.91 Å². The molecule has 4 aromatic rings. The van der Waals surface area contributed by atoms with E-state index in [4.69, 9.17) is 0 Å². The fourth-order valence-corrected chi connectivity index (χ4v) is 3.35. The van der Waals surface area contributed by atoms with Crippen LogP contribution in [-0.4, -0.2) is 33.9 Å². The van der Waals surface area contributed by atoms with Gasteiger partial charge in [0.25, 0.3) is 5.91 Å². The molecule has 0 aliphatic carbocycles. The van der Waals surface area contributed by atoms with E-state index in [0.29, 0.717) is 5.56 Å². The van der Waals surface area contributed by atoms with Crippen molar-refractivity contribution >= 4 is 28.3 Å². The molecule has 0 aliphatic heterocycles. The van der Waals surface area contributed by atoms with Crippen LogP contribution < -0.4 is 10.2 Å². The van der Waals surface area contributed by atoms with Crippen LogP contribution in [0.1, 0.15) is 24.2 Å². The fourth-order valence-electron chi connectivity index (χ4n) is 3.35. The first-order chi connectivity index (χ1) is 14.2. The van der Waals surface area contributed by atoms with Gasteiger partial charge in [0.15, 0.2) is 0 Å². The van der Waals surface area contributed by atoms with Gasteiger partial charge in [-0.15, -0.1) is 0 Å². The van der Waals surface area contributed by atoms with Gasteiger partial charge in [-0.25, -0.2) is 4.98 Å². The van der Waals surface area contributed by atoms with Crippen LogP contribution in [0.15, 0.2) is 67.0 Å². The second-order valence-electron chi connectivity index (χ2n) is 6.73. The summed E-state index contributed by atoms with van der Waals surface area (Å²) in [6.07, 6.45) is 3.47. The Hall–Kier alpha value is -3.67. The molecule has 0 saturated heterocycles. The number of nitrogens with one attached hydrogen (secondary N) is 2. The number of pyridine rings is 1. The number of hydrogen-bond donors (Lipinski definition) is 2. The Balaban J connectivity index is 1.52. The molecule has 29 heavy (non-hydrogen) atoms. The summed E-state index contributed by atoms with van der Waals surface area (Å²) in [6, 6.07) is 17.2. The molecule has 146 valence electrons. The van der Waals surface area contributed by atoms with Crippen LogP contribution in [-0.2, 0) is 0 Å². The fraction of sp³-hybridized carbons (Fsp3) is 0.174. The Morgan fingerprint density at radius 1 is 1.00 bits per heavy atom. The molecule has 0 atom stereocenters. The van der Waals surface area contributed by atoms with Gasteiger partial charge >= 0.3 is 0 Å². The van der Waals surface area contributed by atoms with E-state index in [1.807, 2.05) is 54.6 Å². The summed E-state index contributed by atoms with van der Waals surface area (Å²) in [5.74, 6) is 0.641. The molecule has 0 radical (unpaired) electrons. The lowest BCUT2D eigenvalue weighted by Gasteiger charge is -2.21. The Morgan fingerprint density at radius 2 is 1.72 bits per heavy atom. The van der Waals surface area contributed by atoms with Crippen LogP contribution in [0.2, 0.25) is 0 Å². The van der Waals surface area contributed by atoms with E-state index in [0.717, 1.165) is 46.9 Å². The normalized spacial score (nSPS) is 10.8. The van der Waals surface area contributed by atoms with Crippen LogP contribution in [0.4, 0.5) is 11.4 Å². The van der Waals surface area contributed by atoms with Gasteiger partial charge in [0, 0.05) is 48.0 Å². The van der Waals surface area contributed by atoms with Gasteiger partial charge in [-0.2, -0.15) is 0 Å². The molecule has 0 spiro atoms. The molecular formula is C23H23N5O. The standard InChI is InChI=1S/C23H23N5O/c1-3-28(4-2)19-8-5-17(6-9-19)23(29)25-18-7-10-20-21(15-18)27-22(26-20)16-11-13-24-14-12-16/h5-15H,3-4H2,1-2H3,(H,25,29)(H,26,27). The number of rotatable bonds is 6. The first kappa shape index (κ1) is 18.7. The van der Waals surface area contributed by atoms with Crippen molar-refractivity contribution in [3.8, 4) is 11.4 Å². The van der Waals surface area contributed by atoms with Crippen molar-refractivity contribution in [2.75, 3.05) is 23.3 Å². The molecule has 0 fully saturated rings. The summed E-state index contributed by atoms with van der Waals surface area (Å²) in [5.41, 5.74) is 5.15. The highest BCUT2D eigenvalue weighted by molar-refractivity contribution is 6.05. The summed E-state index contributed by atoms with van der Waals surface area (Å²) >= 11 is 0. The van der Waals surface area contributed by atoms with Crippen molar-refractivity contribution < 1.29 is 4.79 Å². The molecule has 2 aromatic carbocycles. The third-order valence-electron chi connectivity index (χ3n) is 4.95. The smallest absolute Gasteiger partial charge is 0.255 e. The number of carbonyl (C=O) groups is 1. The topological polar surface area (TPSA) is 73.9 Å². The highest BCUT2D eigenvalue weighted by Gasteiger charge is 2.10. The van der Waals surface area contributed by atoms with Crippen molar-refractivity contribution in [1.82, 2.24) is 15.0 Å². The van der Waals surface area contributed by atoms with Gasteiger partial charge < -0.3 is 15.2 Å². The molecule has 0 saturated carbocycles. The number of aromatic nitrogens is 3. The van der Waals surface area contributed by atoms with Crippen molar-refractivity contribution in [2.45, 2.75) is 13.8 Å². The molecule has 1 amide bonds. The van der Waals surface area contributed by atoms with Crippen molar-refractivity contribution in [1.29, 1.82) is 0 Å². The molecule has 2 aromatic heterocycles. The van der Waals surface area contributed by atoms with Crippen molar-refractivity contribution in [3.63, 3.8) is 0 Å². The predicted molar refractivity (Wildman–Crippen MR) is 117 cm³/mol. The summed E-state index contributed by atoms with van der Waals surface area (Å²) in [4.78, 5) is 26.8. The summed E-state index contributed by atoms with van der Waals surface area (Å²) in [5, 5.41) is 2.97. The average molecular weight is 385 g/mol. The molecule has 0 unspecified atom stereocenters. The largest absolute Gasteiger partial charge is 0.372 e. The molecule has 2 N–H and O–H groups in total. The quantitative estimate of drug-likeness (QED) is 0.503. The SMILES string of the molecule is CCN(CC)c1ccc(C(=O)Nc2ccc3nc(-c4ccncc4)[nH]c3c2)cc1. The zero-order chi connectivity index (χ0) is 20.2. The van der Waals surface area contributed by atoms with E-state index < -0.39 is 0 Å². The first-order valence-corrected chi connectivity index (χ1v) is 9.74. The number of fused-ring (bicyclic) bond motifs is 1. The zero-order valence-corrected chi connectivity index (χ0v) is 16.5. The minimum Gasteiger partial charge on any atom is -0.372 e. The zero-order valence-electron chi connectivity index (χ0n) is 16.5.